The molecular formula is C21H24N4O. The van der Waals surface area contributed by atoms with Crippen molar-refractivity contribution in [1.82, 2.24) is 20.1 Å². The van der Waals surface area contributed by atoms with Crippen LogP contribution >= 0.6 is 0 Å². The molecule has 3 aromatic rings. The summed E-state index contributed by atoms with van der Waals surface area (Å²) in [7, 11) is 1.88. The van der Waals surface area contributed by atoms with E-state index in [0.29, 0.717) is 19.4 Å². The van der Waals surface area contributed by atoms with Crippen molar-refractivity contribution in [3.63, 3.8) is 0 Å². The number of hydrogen-bond acceptors (Lipinski definition) is 3. The average Bonchev–Trinajstić information content (AvgIpc) is 3.09. The predicted octanol–water partition coefficient (Wildman–Crippen LogP) is 3.43. The summed E-state index contributed by atoms with van der Waals surface area (Å²) in [6, 6.07) is 8.16. The van der Waals surface area contributed by atoms with Gasteiger partial charge in [0.05, 0.1) is 5.69 Å². The molecule has 0 atom stereocenters. The fraction of sp³-hybridized carbons (Fsp3) is 0.381. The molecule has 4 rings (SSSR count). The molecule has 26 heavy (non-hydrogen) atoms. The molecule has 0 unspecified atom stereocenters. The topological polar surface area (TPSA) is 61.9 Å². The third-order valence-electron chi connectivity index (χ3n) is 5.32. The van der Waals surface area contributed by atoms with Gasteiger partial charge in [0.25, 0.3) is 0 Å². The second-order valence-corrected chi connectivity index (χ2v) is 7.10. The molecule has 2 heterocycles. The molecule has 0 fully saturated rings. The normalized spacial score (nSPS) is 13.6. The van der Waals surface area contributed by atoms with Crippen LogP contribution in [0.25, 0.3) is 10.8 Å². The molecule has 5 nitrogen and oxygen atoms in total. The van der Waals surface area contributed by atoms with Crippen molar-refractivity contribution in [2.45, 2.75) is 45.1 Å². The number of nitrogens with one attached hydrogen (secondary N) is 1. The summed E-state index contributed by atoms with van der Waals surface area (Å²) in [6.07, 6.45) is 9.52. The highest BCUT2D eigenvalue weighted by molar-refractivity contribution is 5.85. The van der Waals surface area contributed by atoms with Crippen LogP contribution in [0.3, 0.4) is 0 Å². The zero-order valence-electron chi connectivity index (χ0n) is 15.2. The number of fused-ring (bicyclic) bond motifs is 2. The first-order chi connectivity index (χ1) is 12.7. The molecule has 1 amide bonds. The summed E-state index contributed by atoms with van der Waals surface area (Å²) in [5, 5.41) is 9.87. The summed E-state index contributed by atoms with van der Waals surface area (Å²) in [4.78, 5) is 18.6. The Morgan fingerprint density at radius 3 is 3.04 bits per heavy atom. The smallest absolute Gasteiger partial charge is 0.223 e. The van der Waals surface area contributed by atoms with Gasteiger partial charge in [0.15, 0.2) is 0 Å². The average molecular weight is 348 g/mol. The van der Waals surface area contributed by atoms with E-state index in [-0.39, 0.29) is 5.91 Å². The quantitative estimate of drug-likeness (QED) is 0.768. The van der Waals surface area contributed by atoms with Crippen molar-refractivity contribution in [2.24, 2.45) is 0 Å². The van der Waals surface area contributed by atoms with E-state index in [1.165, 1.54) is 24.1 Å². The molecule has 1 aromatic carbocycles. The van der Waals surface area contributed by atoms with Crippen LogP contribution in [0.4, 0.5) is 0 Å². The molecule has 0 aliphatic heterocycles. The monoisotopic (exact) mass is 348 g/mol. The summed E-state index contributed by atoms with van der Waals surface area (Å²) in [5.41, 5.74) is 4.86. The molecule has 0 radical (unpaired) electrons. The van der Waals surface area contributed by atoms with Gasteiger partial charge in [0, 0.05) is 49.9 Å². The predicted molar refractivity (Wildman–Crippen MR) is 102 cm³/mol. The van der Waals surface area contributed by atoms with Crippen LogP contribution in [-0.4, -0.2) is 33.0 Å². The van der Waals surface area contributed by atoms with Crippen molar-refractivity contribution in [3.8, 4) is 0 Å². The number of aromatic nitrogens is 3. The minimum absolute atomic E-state index is 0.156. The minimum atomic E-state index is 0.156. The summed E-state index contributed by atoms with van der Waals surface area (Å²) < 4.78 is 0. The van der Waals surface area contributed by atoms with Gasteiger partial charge < -0.3 is 4.90 Å². The molecular weight excluding hydrogens is 324 g/mol. The van der Waals surface area contributed by atoms with Crippen molar-refractivity contribution in [2.75, 3.05) is 7.05 Å². The SMILES string of the molecule is CN(Cc1cccc2cnccc12)C(=O)CCc1n[nH]c2c1CCCC2. The number of rotatable bonds is 5. The van der Waals surface area contributed by atoms with Crippen LogP contribution in [0.5, 0.6) is 0 Å². The van der Waals surface area contributed by atoms with Gasteiger partial charge in [-0.1, -0.05) is 18.2 Å². The van der Waals surface area contributed by atoms with Crippen LogP contribution in [0.2, 0.25) is 0 Å². The fourth-order valence-electron chi connectivity index (χ4n) is 3.84. The van der Waals surface area contributed by atoms with Crippen molar-refractivity contribution >= 4 is 16.7 Å². The Bertz CT molecular complexity index is 925. The molecule has 5 heteroatoms. The second-order valence-electron chi connectivity index (χ2n) is 7.10. The molecule has 0 saturated heterocycles. The third kappa shape index (κ3) is 3.34. The summed E-state index contributed by atoms with van der Waals surface area (Å²) >= 11 is 0. The molecule has 0 spiro atoms. The van der Waals surface area contributed by atoms with Gasteiger partial charge in [-0.3, -0.25) is 14.9 Å². The Kier molecular flexibility index (Phi) is 4.69. The van der Waals surface area contributed by atoms with E-state index >= 15 is 0 Å². The number of pyridine rings is 1. The number of amides is 1. The van der Waals surface area contributed by atoms with Crippen LogP contribution in [0, 0.1) is 0 Å². The van der Waals surface area contributed by atoms with E-state index in [1.54, 1.807) is 6.20 Å². The lowest BCUT2D eigenvalue weighted by molar-refractivity contribution is -0.130. The van der Waals surface area contributed by atoms with Gasteiger partial charge >= 0.3 is 0 Å². The number of aryl methyl sites for hydroxylation is 2. The van der Waals surface area contributed by atoms with Crippen molar-refractivity contribution in [3.05, 3.63) is 59.2 Å². The largest absolute Gasteiger partial charge is 0.341 e. The molecule has 0 saturated carbocycles. The molecule has 1 aliphatic carbocycles. The molecule has 1 N–H and O–H groups in total. The molecule has 0 bridgehead atoms. The Labute approximate surface area is 153 Å². The highest BCUT2D eigenvalue weighted by Gasteiger charge is 2.18. The maximum Gasteiger partial charge on any atom is 0.223 e. The van der Waals surface area contributed by atoms with Crippen LogP contribution in [0.15, 0.2) is 36.7 Å². The number of carbonyl (C=O) groups excluding carboxylic acids is 1. The van der Waals surface area contributed by atoms with Crippen LogP contribution in [-0.2, 0) is 30.6 Å². The Morgan fingerprint density at radius 1 is 1.23 bits per heavy atom. The van der Waals surface area contributed by atoms with Gasteiger partial charge in [-0.15, -0.1) is 0 Å². The standard InChI is InChI=1S/C21H24N4O/c1-25(14-16-6-4-5-15-13-22-12-11-17(15)16)21(26)10-9-20-18-7-2-3-8-19(18)23-24-20/h4-6,11-13H,2-3,7-10,14H2,1H3,(H,23,24). The first kappa shape index (κ1) is 16.8. The lowest BCUT2D eigenvalue weighted by Crippen LogP contribution is -2.26. The zero-order valence-corrected chi connectivity index (χ0v) is 15.2. The molecule has 2 aromatic heterocycles. The number of carbonyl (C=O) groups is 1. The van der Waals surface area contributed by atoms with Gasteiger partial charge in [-0.05, 0) is 48.3 Å². The number of aromatic amines is 1. The second kappa shape index (κ2) is 7.28. The number of hydrogen-bond donors (Lipinski definition) is 1. The summed E-state index contributed by atoms with van der Waals surface area (Å²) in [6.45, 7) is 0.610. The van der Waals surface area contributed by atoms with Crippen LogP contribution < -0.4 is 0 Å². The maximum absolute atomic E-state index is 12.6. The minimum Gasteiger partial charge on any atom is -0.341 e. The van der Waals surface area contributed by atoms with E-state index < -0.39 is 0 Å². The van der Waals surface area contributed by atoms with E-state index in [9.17, 15) is 4.79 Å². The lowest BCUT2D eigenvalue weighted by atomic mass is 9.94. The number of H-pyrrole nitrogens is 1. The Morgan fingerprint density at radius 2 is 2.12 bits per heavy atom. The fourth-order valence-corrected chi connectivity index (χ4v) is 3.84. The van der Waals surface area contributed by atoms with E-state index in [1.807, 2.05) is 36.3 Å². The third-order valence-corrected chi connectivity index (χ3v) is 5.32. The van der Waals surface area contributed by atoms with Gasteiger partial charge in [-0.2, -0.15) is 5.10 Å². The van der Waals surface area contributed by atoms with Crippen molar-refractivity contribution in [1.29, 1.82) is 0 Å². The molecule has 1 aliphatic rings. The van der Waals surface area contributed by atoms with E-state index in [4.69, 9.17) is 0 Å². The Balaban J connectivity index is 1.41. The lowest BCUT2D eigenvalue weighted by Gasteiger charge is -2.18. The highest BCUT2D eigenvalue weighted by Crippen LogP contribution is 2.23. The Hall–Kier alpha value is -2.69. The van der Waals surface area contributed by atoms with Gasteiger partial charge in [-0.25, -0.2) is 0 Å². The summed E-state index contributed by atoms with van der Waals surface area (Å²) in [5.74, 6) is 0.156. The van der Waals surface area contributed by atoms with E-state index in [0.717, 1.165) is 34.9 Å². The van der Waals surface area contributed by atoms with Crippen molar-refractivity contribution < 1.29 is 4.79 Å². The van der Waals surface area contributed by atoms with Gasteiger partial charge in [0.2, 0.25) is 5.91 Å². The first-order valence-corrected chi connectivity index (χ1v) is 9.33. The van der Waals surface area contributed by atoms with Gasteiger partial charge in [0.1, 0.15) is 0 Å². The number of nitrogens with zero attached hydrogens (tertiary/aromatic N) is 3. The van der Waals surface area contributed by atoms with E-state index in [2.05, 4.69) is 21.2 Å². The number of benzene rings is 1. The highest BCUT2D eigenvalue weighted by atomic mass is 16.2. The molecule has 134 valence electrons. The first-order valence-electron chi connectivity index (χ1n) is 9.33. The maximum atomic E-state index is 12.6. The zero-order chi connectivity index (χ0) is 17.9. The van der Waals surface area contributed by atoms with Crippen LogP contribution in [0.1, 0.15) is 41.8 Å².